The molecule has 0 bridgehead atoms. The number of carbonyl (C=O) groups is 1. The van der Waals surface area contributed by atoms with Gasteiger partial charge >= 0.3 is 6.18 Å². The number of rotatable bonds is 7. The Morgan fingerprint density at radius 1 is 1.21 bits per heavy atom. The second-order valence-corrected chi connectivity index (χ2v) is 9.83. The van der Waals surface area contributed by atoms with E-state index in [1.165, 1.54) is 7.11 Å². The molecule has 1 aromatic heterocycles. The molecule has 3 aromatic rings. The van der Waals surface area contributed by atoms with Gasteiger partial charge in [-0.3, -0.25) is 9.59 Å². The first-order chi connectivity index (χ1) is 15.9. The standard InChI is InChI=1S/C21H18F3N3O5S2/c1-12-6-7-16(32-2)15(8-12)26-18(28)11-33-20-25-10-17(19(29)27-20)34(30,31)14-5-3-4-13(9-14)21(22,23)24/h3-10H,11H2,1-2H3,(H,26,28)(H,25,27,29). The molecule has 0 unspecified atom stereocenters. The zero-order valence-corrected chi connectivity index (χ0v) is 19.4. The first-order valence-corrected chi connectivity index (χ1v) is 12.0. The smallest absolute Gasteiger partial charge is 0.416 e. The number of ether oxygens (including phenoxy) is 1. The van der Waals surface area contributed by atoms with Crippen molar-refractivity contribution in [2.45, 2.75) is 28.0 Å². The van der Waals surface area contributed by atoms with Gasteiger partial charge in [-0.25, -0.2) is 13.4 Å². The van der Waals surface area contributed by atoms with Gasteiger partial charge in [0.2, 0.25) is 15.7 Å². The first-order valence-electron chi connectivity index (χ1n) is 9.51. The zero-order valence-electron chi connectivity index (χ0n) is 17.8. The third-order valence-electron chi connectivity index (χ3n) is 4.47. The van der Waals surface area contributed by atoms with Crippen molar-refractivity contribution in [3.05, 3.63) is 70.1 Å². The third kappa shape index (κ3) is 5.78. The first kappa shape index (κ1) is 25.3. The van der Waals surface area contributed by atoms with Crippen LogP contribution < -0.4 is 15.6 Å². The van der Waals surface area contributed by atoms with Gasteiger partial charge in [0.1, 0.15) is 5.75 Å². The number of benzene rings is 2. The monoisotopic (exact) mass is 513 g/mol. The Labute approximate surface area is 196 Å². The van der Waals surface area contributed by atoms with Gasteiger partial charge in [-0.15, -0.1) is 0 Å². The number of methoxy groups -OCH3 is 1. The van der Waals surface area contributed by atoms with Crippen LogP contribution in [0.5, 0.6) is 5.75 Å². The largest absolute Gasteiger partial charge is 0.495 e. The van der Waals surface area contributed by atoms with Gasteiger partial charge in [0.25, 0.3) is 5.56 Å². The summed E-state index contributed by atoms with van der Waals surface area (Å²) >= 11 is 0.837. The van der Waals surface area contributed by atoms with Crippen LogP contribution in [0.1, 0.15) is 11.1 Å². The maximum atomic E-state index is 12.9. The van der Waals surface area contributed by atoms with E-state index in [9.17, 15) is 31.2 Å². The molecule has 0 aliphatic carbocycles. The van der Waals surface area contributed by atoms with Gasteiger partial charge in [0, 0.05) is 0 Å². The van der Waals surface area contributed by atoms with Crippen molar-refractivity contribution in [2.75, 3.05) is 18.2 Å². The summed E-state index contributed by atoms with van der Waals surface area (Å²) in [6, 6.07) is 8.28. The van der Waals surface area contributed by atoms with Gasteiger partial charge < -0.3 is 15.0 Å². The molecular formula is C21H18F3N3O5S2. The van der Waals surface area contributed by atoms with E-state index in [1.54, 1.807) is 12.1 Å². The lowest BCUT2D eigenvalue weighted by Crippen LogP contribution is -2.20. The molecule has 0 aliphatic heterocycles. The minimum atomic E-state index is -4.75. The average molecular weight is 514 g/mol. The van der Waals surface area contributed by atoms with E-state index >= 15 is 0 Å². The summed E-state index contributed by atoms with van der Waals surface area (Å²) in [4.78, 5) is 29.2. The van der Waals surface area contributed by atoms with E-state index in [4.69, 9.17) is 4.74 Å². The van der Waals surface area contributed by atoms with Crippen LogP contribution in [0.25, 0.3) is 0 Å². The fourth-order valence-corrected chi connectivity index (χ4v) is 4.75. The number of hydrogen-bond acceptors (Lipinski definition) is 7. The predicted octanol–water partition coefficient (Wildman–Crippen LogP) is 3.67. The second-order valence-electron chi connectivity index (χ2n) is 6.95. The highest BCUT2D eigenvalue weighted by atomic mass is 32.2. The molecule has 0 spiro atoms. The van der Waals surface area contributed by atoms with E-state index in [0.717, 1.165) is 41.7 Å². The van der Waals surface area contributed by atoms with Crippen LogP contribution in [-0.4, -0.2) is 37.2 Å². The number of thioether (sulfide) groups is 1. The second kappa shape index (κ2) is 9.89. The molecule has 13 heteroatoms. The maximum absolute atomic E-state index is 12.9. The quantitative estimate of drug-likeness (QED) is 0.366. The summed E-state index contributed by atoms with van der Waals surface area (Å²) < 4.78 is 69.3. The normalized spacial score (nSPS) is 11.8. The molecule has 0 radical (unpaired) electrons. The van der Waals surface area contributed by atoms with E-state index in [0.29, 0.717) is 17.5 Å². The number of anilines is 1. The highest BCUT2D eigenvalue weighted by Gasteiger charge is 2.32. The number of halogens is 3. The highest BCUT2D eigenvalue weighted by Crippen LogP contribution is 2.31. The Morgan fingerprint density at radius 3 is 2.59 bits per heavy atom. The van der Waals surface area contributed by atoms with Crippen LogP contribution in [0, 0.1) is 6.92 Å². The van der Waals surface area contributed by atoms with E-state index in [2.05, 4.69) is 15.3 Å². The Kier molecular flexibility index (Phi) is 7.36. The lowest BCUT2D eigenvalue weighted by Gasteiger charge is -2.11. The molecule has 0 atom stereocenters. The summed E-state index contributed by atoms with van der Waals surface area (Å²) in [5.41, 5.74) is -0.888. The molecule has 1 amide bonds. The fourth-order valence-electron chi connectivity index (χ4n) is 2.84. The van der Waals surface area contributed by atoms with Gasteiger partial charge in [-0.1, -0.05) is 23.9 Å². The molecule has 8 nitrogen and oxygen atoms in total. The Balaban J connectivity index is 1.75. The van der Waals surface area contributed by atoms with Crippen LogP contribution in [0.15, 0.2) is 68.4 Å². The van der Waals surface area contributed by atoms with Crippen molar-refractivity contribution in [3.63, 3.8) is 0 Å². The van der Waals surface area contributed by atoms with Gasteiger partial charge in [0.05, 0.1) is 35.2 Å². The lowest BCUT2D eigenvalue weighted by atomic mass is 10.2. The molecule has 0 saturated carbocycles. The highest BCUT2D eigenvalue weighted by molar-refractivity contribution is 7.99. The van der Waals surface area contributed by atoms with Crippen LogP contribution in [0.3, 0.4) is 0 Å². The number of aromatic amines is 1. The Hall–Kier alpha value is -3.32. The van der Waals surface area contributed by atoms with E-state index < -0.39 is 42.8 Å². The molecular weight excluding hydrogens is 495 g/mol. The molecule has 2 aromatic carbocycles. The molecule has 0 saturated heterocycles. The molecule has 34 heavy (non-hydrogen) atoms. The summed E-state index contributed by atoms with van der Waals surface area (Å²) in [5, 5.41) is 2.63. The summed E-state index contributed by atoms with van der Waals surface area (Å²) in [6.45, 7) is 1.84. The number of alkyl halides is 3. The van der Waals surface area contributed by atoms with Crippen molar-refractivity contribution in [1.82, 2.24) is 9.97 Å². The van der Waals surface area contributed by atoms with Gasteiger partial charge in [-0.05, 0) is 42.8 Å². The number of nitrogens with one attached hydrogen (secondary N) is 2. The predicted molar refractivity (Wildman–Crippen MR) is 119 cm³/mol. The van der Waals surface area contributed by atoms with Crippen molar-refractivity contribution >= 4 is 33.2 Å². The van der Waals surface area contributed by atoms with Crippen molar-refractivity contribution in [3.8, 4) is 5.75 Å². The van der Waals surface area contributed by atoms with Crippen LogP contribution in [0.2, 0.25) is 0 Å². The molecule has 1 heterocycles. The molecule has 180 valence electrons. The van der Waals surface area contributed by atoms with Crippen LogP contribution in [-0.2, 0) is 20.8 Å². The van der Waals surface area contributed by atoms with Crippen LogP contribution in [0.4, 0.5) is 18.9 Å². The van der Waals surface area contributed by atoms with E-state index in [1.807, 2.05) is 13.0 Å². The third-order valence-corrected chi connectivity index (χ3v) is 7.11. The molecule has 2 N–H and O–H groups in total. The van der Waals surface area contributed by atoms with Gasteiger partial charge in [0.15, 0.2) is 10.1 Å². The number of sulfone groups is 1. The van der Waals surface area contributed by atoms with E-state index in [-0.39, 0.29) is 10.9 Å². The number of amides is 1. The van der Waals surface area contributed by atoms with Crippen LogP contribution >= 0.6 is 11.8 Å². The number of H-pyrrole nitrogens is 1. The average Bonchev–Trinajstić information content (AvgIpc) is 2.77. The summed E-state index contributed by atoms with van der Waals surface area (Å²) in [7, 11) is -3.10. The topological polar surface area (TPSA) is 118 Å². The summed E-state index contributed by atoms with van der Waals surface area (Å²) in [6.07, 6.45) is -4.00. The molecule has 0 fully saturated rings. The fraction of sp³-hybridized carbons (Fsp3) is 0.190. The number of hydrogen-bond donors (Lipinski definition) is 2. The Bertz CT molecular complexity index is 1390. The SMILES string of the molecule is COc1ccc(C)cc1NC(=O)CSc1ncc(S(=O)(=O)c2cccc(C(F)(F)F)c2)c(=O)[nH]1. The number of aromatic nitrogens is 2. The molecule has 0 aliphatic rings. The minimum Gasteiger partial charge on any atom is -0.495 e. The Morgan fingerprint density at radius 2 is 1.94 bits per heavy atom. The number of carbonyl (C=O) groups excluding carboxylic acids is 1. The molecule has 3 rings (SSSR count). The summed E-state index contributed by atoms with van der Waals surface area (Å²) in [5.74, 6) is -0.142. The number of nitrogens with zero attached hydrogens (tertiary/aromatic N) is 1. The van der Waals surface area contributed by atoms with Gasteiger partial charge in [-0.2, -0.15) is 13.2 Å². The van der Waals surface area contributed by atoms with Crippen molar-refractivity contribution in [2.24, 2.45) is 0 Å². The minimum absolute atomic E-state index is 0.0423. The van der Waals surface area contributed by atoms with Crippen molar-refractivity contribution in [1.29, 1.82) is 0 Å². The maximum Gasteiger partial charge on any atom is 0.416 e. The lowest BCUT2D eigenvalue weighted by molar-refractivity contribution is -0.137. The van der Waals surface area contributed by atoms with Crippen molar-refractivity contribution < 1.29 is 31.1 Å². The zero-order chi connectivity index (χ0) is 25.1. The number of aryl methyl sites for hydroxylation is 1.